The Morgan fingerprint density at radius 1 is 0.760 bits per heavy atom. The van der Waals surface area contributed by atoms with Crippen LogP contribution >= 0.6 is 0 Å². The predicted octanol–water partition coefficient (Wildman–Crippen LogP) is 0.877. The van der Waals surface area contributed by atoms with Crippen LogP contribution in [0.5, 0.6) is 0 Å². The first kappa shape index (κ1) is 19.4. The zero-order valence-electron chi connectivity index (χ0n) is 15.7. The Balaban J connectivity index is 0.000000146. The first-order valence-corrected chi connectivity index (χ1v) is 8.91. The third-order valence-electron chi connectivity index (χ3n) is 4.77. The van der Waals surface area contributed by atoms with Gasteiger partial charge in [-0.2, -0.15) is 0 Å². The van der Waals surface area contributed by atoms with Crippen LogP contribution in [0.15, 0.2) is 0 Å². The lowest BCUT2D eigenvalue weighted by Crippen LogP contribution is -2.34. The van der Waals surface area contributed by atoms with Crippen molar-refractivity contribution in [2.75, 3.05) is 0 Å². The van der Waals surface area contributed by atoms with E-state index in [1.165, 1.54) is 0 Å². The highest BCUT2D eigenvalue weighted by Crippen LogP contribution is 2.38. The summed E-state index contributed by atoms with van der Waals surface area (Å²) in [5.74, 6) is -1.26. The quantitative estimate of drug-likeness (QED) is 0.710. The third kappa shape index (κ3) is 3.86. The molecule has 4 saturated heterocycles. The van der Waals surface area contributed by atoms with E-state index in [-0.39, 0.29) is 24.4 Å². The molecule has 0 amide bonds. The van der Waals surface area contributed by atoms with Crippen molar-refractivity contribution < 1.29 is 38.6 Å². The zero-order chi connectivity index (χ0) is 18.6. The molecular weight excluding hydrogens is 332 g/mol. The predicted molar refractivity (Wildman–Crippen MR) is 85.4 cm³/mol. The van der Waals surface area contributed by atoms with E-state index in [1.807, 2.05) is 41.5 Å². The summed E-state index contributed by atoms with van der Waals surface area (Å²) < 4.78 is 32.7. The Kier molecular flexibility index (Phi) is 5.20. The van der Waals surface area contributed by atoms with Crippen LogP contribution < -0.4 is 0 Å². The lowest BCUT2D eigenvalue weighted by atomic mass is 10.1. The van der Waals surface area contributed by atoms with Gasteiger partial charge in [-0.1, -0.05) is 6.92 Å². The number of aliphatic hydroxyl groups is 2. The minimum absolute atomic E-state index is 0.147. The Labute approximate surface area is 148 Å². The monoisotopic (exact) mass is 362 g/mol. The van der Waals surface area contributed by atoms with E-state index in [9.17, 15) is 10.2 Å². The summed E-state index contributed by atoms with van der Waals surface area (Å²) in [5.41, 5.74) is 0. The van der Waals surface area contributed by atoms with E-state index in [0.29, 0.717) is 0 Å². The van der Waals surface area contributed by atoms with E-state index < -0.39 is 36.4 Å². The maximum atomic E-state index is 9.76. The molecule has 0 radical (unpaired) electrons. The van der Waals surface area contributed by atoms with E-state index in [2.05, 4.69) is 0 Å². The van der Waals surface area contributed by atoms with Crippen molar-refractivity contribution in [2.45, 2.75) is 109 Å². The van der Waals surface area contributed by atoms with Crippen LogP contribution in [0.1, 0.15) is 48.0 Å². The second kappa shape index (κ2) is 6.69. The smallest absolute Gasteiger partial charge is 0.190 e. The molecule has 0 aliphatic carbocycles. The van der Waals surface area contributed by atoms with Crippen LogP contribution in [0, 0.1) is 0 Å². The van der Waals surface area contributed by atoms with Crippen molar-refractivity contribution >= 4 is 0 Å². The van der Waals surface area contributed by atoms with E-state index in [1.54, 1.807) is 0 Å². The number of rotatable bonds is 1. The van der Waals surface area contributed by atoms with Crippen LogP contribution in [0.4, 0.5) is 0 Å². The number of hydrogen-bond donors (Lipinski definition) is 2. The largest absolute Gasteiger partial charge is 0.387 e. The van der Waals surface area contributed by atoms with Crippen LogP contribution in [0.3, 0.4) is 0 Å². The van der Waals surface area contributed by atoms with Gasteiger partial charge < -0.3 is 38.6 Å². The molecule has 4 heterocycles. The molecule has 0 aromatic rings. The first-order chi connectivity index (χ1) is 11.5. The Hall–Kier alpha value is -0.320. The molecule has 0 bridgehead atoms. The highest BCUT2D eigenvalue weighted by atomic mass is 16.8. The summed E-state index contributed by atoms with van der Waals surface area (Å²) >= 11 is 0. The summed E-state index contributed by atoms with van der Waals surface area (Å²) in [6.45, 7) is 11.0. The second-order valence-corrected chi connectivity index (χ2v) is 7.84. The van der Waals surface area contributed by atoms with Gasteiger partial charge >= 0.3 is 0 Å². The van der Waals surface area contributed by atoms with Crippen molar-refractivity contribution in [1.29, 1.82) is 0 Å². The molecule has 4 rings (SSSR count). The molecule has 0 unspecified atom stereocenters. The van der Waals surface area contributed by atoms with Crippen LogP contribution in [0.25, 0.3) is 0 Å². The molecule has 0 saturated carbocycles. The van der Waals surface area contributed by atoms with Gasteiger partial charge in [0.05, 0.1) is 12.2 Å². The van der Waals surface area contributed by atoms with E-state index in [0.717, 1.165) is 6.42 Å². The molecule has 25 heavy (non-hydrogen) atoms. The molecule has 4 aliphatic heterocycles. The number of aliphatic hydroxyl groups excluding tert-OH is 2. The zero-order valence-corrected chi connectivity index (χ0v) is 15.7. The fourth-order valence-electron chi connectivity index (χ4n) is 3.55. The van der Waals surface area contributed by atoms with Gasteiger partial charge in [0.15, 0.2) is 24.2 Å². The molecule has 8 heteroatoms. The molecule has 0 spiro atoms. The summed E-state index contributed by atoms with van der Waals surface area (Å²) in [6.07, 6.45) is -2.13. The SMILES string of the molecule is CC[C@H]1O[C@@H]2OC(C)(C)O[C@@H]2[C@H]1O.C[C@H]1O[C@@H]2OC(C)(C)O[C@@H]2[C@H]1O. The minimum Gasteiger partial charge on any atom is -0.387 e. The maximum Gasteiger partial charge on any atom is 0.190 e. The van der Waals surface area contributed by atoms with Gasteiger partial charge in [-0.05, 0) is 41.0 Å². The third-order valence-corrected chi connectivity index (χ3v) is 4.77. The van der Waals surface area contributed by atoms with Crippen LogP contribution in [-0.4, -0.2) is 71.0 Å². The minimum atomic E-state index is -0.630. The normalized spacial score (nSPS) is 49.4. The summed E-state index contributed by atoms with van der Waals surface area (Å²) in [7, 11) is 0. The molecular formula is C17H30O8. The average Bonchev–Trinajstić information content (AvgIpc) is 3.13. The Bertz CT molecular complexity index is 481. The van der Waals surface area contributed by atoms with Crippen molar-refractivity contribution in [3.63, 3.8) is 0 Å². The van der Waals surface area contributed by atoms with E-state index in [4.69, 9.17) is 28.4 Å². The van der Waals surface area contributed by atoms with E-state index >= 15 is 0 Å². The van der Waals surface area contributed by atoms with Crippen molar-refractivity contribution in [3.8, 4) is 0 Å². The van der Waals surface area contributed by atoms with Gasteiger partial charge in [0.1, 0.15) is 24.4 Å². The highest BCUT2D eigenvalue weighted by Gasteiger charge is 2.54. The Morgan fingerprint density at radius 2 is 1.24 bits per heavy atom. The fraction of sp³-hybridized carbons (Fsp3) is 1.00. The molecule has 0 aromatic carbocycles. The van der Waals surface area contributed by atoms with Crippen molar-refractivity contribution in [3.05, 3.63) is 0 Å². The maximum absolute atomic E-state index is 9.76. The number of ether oxygens (including phenoxy) is 6. The molecule has 4 aliphatic rings. The first-order valence-electron chi connectivity index (χ1n) is 8.91. The van der Waals surface area contributed by atoms with Gasteiger partial charge in [-0.25, -0.2) is 0 Å². The van der Waals surface area contributed by atoms with Crippen molar-refractivity contribution in [2.24, 2.45) is 0 Å². The summed E-state index contributed by atoms with van der Waals surface area (Å²) in [5, 5.41) is 19.3. The molecule has 8 atom stereocenters. The van der Waals surface area contributed by atoms with Crippen molar-refractivity contribution in [1.82, 2.24) is 0 Å². The van der Waals surface area contributed by atoms with Gasteiger partial charge in [0.2, 0.25) is 0 Å². The number of hydrogen-bond acceptors (Lipinski definition) is 8. The second-order valence-electron chi connectivity index (χ2n) is 7.84. The van der Waals surface area contributed by atoms with Crippen LogP contribution in [-0.2, 0) is 28.4 Å². The fourth-order valence-corrected chi connectivity index (χ4v) is 3.55. The molecule has 2 N–H and O–H groups in total. The lowest BCUT2D eigenvalue weighted by molar-refractivity contribution is -0.215. The standard InChI is InChI=1S/C9H16O4.C8H14O4/c1-4-5-6(10)7-8(11-5)13-9(2,3)12-7;1-4-5(9)6-7(10-4)12-8(2,3)11-6/h5-8,10H,4H2,1-3H3;4-7,9H,1-3H3/t5-,6+,7-,8-;4-,5+,6-,7-/m11/s1. The van der Waals surface area contributed by atoms with Gasteiger partial charge in [0.25, 0.3) is 0 Å². The Morgan fingerprint density at radius 3 is 1.68 bits per heavy atom. The molecule has 8 nitrogen and oxygen atoms in total. The topological polar surface area (TPSA) is 95.8 Å². The molecule has 0 aromatic heterocycles. The summed E-state index contributed by atoms with van der Waals surface area (Å²) in [4.78, 5) is 0. The van der Waals surface area contributed by atoms with Crippen LogP contribution in [0.2, 0.25) is 0 Å². The lowest BCUT2D eigenvalue weighted by Gasteiger charge is -2.22. The number of fused-ring (bicyclic) bond motifs is 2. The molecule has 4 fully saturated rings. The molecule has 146 valence electrons. The average molecular weight is 362 g/mol. The van der Waals surface area contributed by atoms with Gasteiger partial charge in [0, 0.05) is 0 Å². The van der Waals surface area contributed by atoms with Gasteiger partial charge in [-0.15, -0.1) is 0 Å². The highest BCUT2D eigenvalue weighted by molar-refractivity contribution is 4.92. The summed E-state index contributed by atoms with van der Waals surface area (Å²) in [6, 6.07) is 0. The van der Waals surface area contributed by atoms with Gasteiger partial charge in [-0.3, -0.25) is 0 Å².